The van der Waals surface area contributed by atoms with Gasteiger partial charge in [0.05, 0.1) is 22.4 Å². The van der Waals surface area contributed by atoms with E-state index in [2.05, 4.69) is 91.0 Å². The van der Waals surface area contributed by atoms with E-state index < -0.39 is 0 Å². The van der Waals surface area contributed by atoms with Gasteiger partial charge in [-0.25, -0.2) is 14.8 Å². The van der Waals surface area contributed by atoms with E-state index in [0.717, 1.165) is 83.3 Å². The number of aryl methyl sites for hydroxylation is 2. The van der Waals surface area contributed by atoms with Crippen LogP contribution >= 0.6 is 0 Å². The lowest BCUT2D eigenvalue weighted by Gasteiger charge is -2.13. The molecule has 0 N–H and O–H groups in total. The molecule has 9 rings (SSSR count). The maximum Gasteiger partial charge on any atom is 0.328 e. The molecule has 49 heavy (non-hydrogen) atoms. The van der Waals surface area contributed by atoms with E-state index in [9.17, 15) is 4.79 Å². The third-order valence-corrected chi connectivity index (χ3v) is 9.41. The van der Waals surface area contributed by atoms with Gasteiger partial charge < -0.3 is 4.42 Å². The molecule has 0 spiro atoms. The maximum atomic E-state index is 12.6. The number of furan rings is 1. The third-order valence-electron chi connectivity index (χ3n) is 9.41. The standard InChI is InChI=1S/C43H30N4O2/c1-46-38-21-19-29(25-39(38)47(2)43(46)48)28-13-10-14-31(23-28)36-26-37(45-42(44-36)27-11-4-3-5-12-27)33-16-7-6-15-32(33)30-20-22-41-35(24-30)34-17-8-9-18-40(34)49-41/h3-26H,1-2H3. The summed E-state index contributed by atoms with van der Waals surface area (Å²) in [5.41, 5.74) is 12.3. The smallest absolute Gasteiger partial charge is 0.328 e. The van der Waals surface area contributed by atoms with Crippen LogP contribution in [0.25, 0.3) is 89.1 Å². The number of hydrogen-bond acceptors (Lipinski definition) is 4. The number of imidazole rings is 1. The monoisotopic (exact) mass is 634 g/mol. The van der Waals surface area contributed by atoms with Crippen molar-refractivity contribution >= 4 is 33.0 Å². The highest BCUT2D eigenvalue weighted by Crippen LogP contribution is 2.38. The number of fused-ring (bicyclic) bond motifs is 4. The second-order valence-corrected chi connectivity index (χ2v) is 12.4. The molecular formula is C43H30N4O2. The first-order chi connectivity index (χ1) is 24.0. The molecule has 0 unspecified atom stereocenters. The van der Waals surface area contributed by atoms with Gasteiger partial charge in [0.1, 0.15) is 11.2 Å². The highest BCUT2D eigenvalue weighted by atomic mass is 16.3. The molecule has 0 aliphatic rings. The van der Waals surface area contributed by atoms with Gasteiger partial charge in [-0.15, -0.1) is 0 Å². The van der Waals surface area contributed by atoms with Crippen molar-refractivity contribution in [3.05, 3.63) is 156 Å². The SMILES string of the molecule is Cn1c(=O)n(C)c2cc(-c3cccc(-c4cc(-c5ccccc5-c5ccc6oc7ccccc7c6c5)nc(-c5ccccc5)n4)c3)ccc21. The first kappa shape index (κ1) is 28.7. The Morgan fingerprint density at radius 2 is 1.12 bits per heavy atom. The minimum absolute atomic E-state index is 0.0406. The van der Waals surface area contributed by atoms with Gasteiger partial charge >= 0.3 is 5.69 Å². The highest BCUT2D eigenvalue weighted by molar-refractivity contribution is 6.06. The molecule has 0 aliphatic heterocycles. The van der Waals surface area contributed by atoms with Gasteiger partial charge in [-0.2, -0.15) is 0 Å². The number of para-hydroxylation sites is 1. The Morgan fingerprint density at radius 1 is 0.469 bits per heavy atom. The van der Waals surface area contributed by atoms with Gasteiger partial charge in [0.15, 0.2) is 5.82 Å². The van der Waals surface area contributed by atoms with Crippen LogP contribution in [0.5, 0.6) is 0 Å². The van der Waals surface area contributed by atoms with E-state index in [1.807, 2.05) is 61.6 Å². The van der Waals surface area contributed by atoms with Crippen molar-refractivity contribution in [2.24, 2.45) is 14.1 Å². The molecular weight excluding hydrogens is 604 g/mol. The lowest BCUT2D eigenvalue weighted by atomic mass is 9.95. The van der Waals surface area contributed by atoms with Crippen LogP contribution in [0.15, 0.2) is 155 Å². The minimum atomic E-state index is -0.0406. The Kier molecular flexibility index (Phi) is 6.62. The van der Waals surface area contributed by atoms with Gasteiger partial charge in [-0.05, 0) is 64.7 Å². The van der Waals surface area contributed by atoms with Crippen molar-refractivity contribution in [2.45, 2.75) is 0 Å². The number of hydrogen-bond donors (Lipinski definition) is 0. The van der Waals surface area contributed by atoms with Crippen molar-refractivity contribution in [3.8, 4) is 56.2 Å². The van der Waals surface area contributed by atoms with E-state index >= 15 is 0 Å². The van der Waals surface area contributed by atoms with E-state index in [-0.39, 0.29) is 5.69 Å². The van der Waals surface area contributed by atoms with E-state index in [4.69, 9.17) is 14.4 Å². The van der Waals surface area contributed by atoms with Crippen molar-refractivity contribution in [2.75, 3.05) is 0 Å². The fraction of sp³-hybridized carbons (Fsp3) is 0.0465. The maximum absolute atomic E-state index is 12.6. The molecule has 6 nitrogen and oxygen atoms in total. The summed E-state index contributed by atoms with van der Waals surface area (Å²) in [5, 5.41) is 2.18. The van der Waals surface area contributed by atoms with Crippen molar-refractivity contribution < 1.29 is 4.42 Å². The quantitative estimate of drug-likeness (QED) is 0.189. The molecule has 3 aromatic heterocycles. The van der Waals surface area contributed by atoms with Gasteiger partial charge in [-0.1, -0.05) is 103 Å². The Morgan fingerprint density at radius 3 is 2.00 bits per heavy atom. The van der Waals surface area contributed by atoms with Crippen LogP contribution in [0.3, 0.4) is 0 Å². The molecule has 0 fully saturated rings. The summed E-state index contributed by atoms with van der Waals surface area (Å²) >= 11 is 0. The molecule has 0 saturated heterocycles. The van der Waals surface area contributed by atoms with Crippen LogP contribution in [-0.2, 0) is 14.1 Å². The van der Waals surface area contributed by atoms with Crippen LogP contribution in [0.4, 0.5) is 0 Å². The molecule has 9 aromatic rings. The van der Waals surface area contributed by atoms with Crippen molar-refractivity contribution in [1.29, 1.82) is 0 Å². The van der Waals surface area contributed by atoms with Gasteiger partial charge in [0, 0.05) is 41.6 Å². The minimum Gasteiger partial charge on any atom is -0.456 e. The summed E-state index contributed by atoms with van der Waals surface area (Å²) < 4.78 is 9.49. The zero-order valence-electron chi connectivity index (χ0n) is 27.0. The molecule has 0 radical (unpaired) electrons. The normalized spacial score (nSPS) is 11.6. The lowest BCUT2D eigenvalue weighted by Crippen LogP contribution is -2.19. The molecule has 6 heteroatoms. The summed E-state index contributed by atoms with van der Waals surface area (Å²) in [6.07, 6.45) is 0. The molecule has 0 atom stereocenters. The fourth-order valence-electron chi connectivity index (χ4n) is 6.85. The second kappa shape index (κ2) is 11.3. The van der Waals surface area contributed by atoms with Crippen molar-refractivity contribution in [3.63, 3.8) is 0 Å². The van der Waals surface area contributed by atoms with Gasteiger partial charge in [0.2, 0.25) is 0 Å². The summed E-state index contributed by atoms with van der Waals surface area (Å²) in [5.74, 6) is 0.658. The topological polar surface area (TPSA) is 65.8 Å². The van der Waals surface area contributed by atoms with E-state index in [1.54, 1.807) is 16.2 Å². The first-order valence-electron chi connectivity index (χ1n) is 16.2. The Hall–Kier alpha value is -6.53. The summed E-state index contributed by atoms with van der Waals surface area (Å²) in [6, 6.07) is 49.7. The zero-order chi connectivity index (χ0) is 33.1. The Balaban J connectivity index is 1.20. The second-order valence-electron chi connectivity index (χ2n) is 12.4. The first-order valence-corrected chi connectivity index (χ1v) is 16.2. The van der Waals surface area contributed by atoms with E-state index in [0.29, 0.717) is 5.82 Å². The summed E-state index contributed by atoms with van der Waals surface area (Å²) in [7, 11) is 3.61. The number of aromatic nitrogens is 4. The average Bonchev–Trinajstić information content (AvgIpc) is 3.64. The molecule has 0 amide bonds. The van der Waals surface area contributed by atoms with Crippen LogP contribution in [0.2, 0.25) is 0 Å². The van der Waals surface area contributed by atoms with E-state index in [1.165, 1.54) is 0 Å². The lowest BCUT2D eigenvalue weighted by molar-refractivity contribution is 0.669. The van der Waals surface area contributed by atoms with Gasteiger partial charge in [0.25, 0.3) is 0 Å². The molecule has 234 valence electrons. The van der Waals surface area contributed by atoms with Crippen molar-refractivity contribution in [1.82, 2.24) is 19.1 Å². The Labute approximate surface area is 282 Å². The molecule has 6 aromatic carbocycles. The molecule has 0 aliphatic carbocycles. The zero-order valence-corrected chi connectivity index (χ0v) is 27.0. The highest BCUT2D eigenvalue weighted by Gasteiger charge is 2.16. The van der Waals surface area contributed by atoms with Gasteiger partial charge in [-0.3, -0.25) is 9.13 Å². The third kappa shape index (κ3) is 4.85. The number of benzene rings is 6. The largest absolute Gasteiger partial charge is 0.456 e. The fourth-order valence-corrected chi connectivity index (χ4v) is 6.85. The molecule has 0 bridgehead atoms. The molecule has 3 heterocycles. The summed E-state index contributed by atoms with van der Waals surface area (Å²) in [4.78, 5) is 22.9. The Bertz CT molecular complexity index is 2770. The predicted octanol–water partition coefficient (Wildman–Crippen LogP) is 9.90. The average molecular weight is 635 g/mol. The summed E-state index contributed by atoms with van der Waals surface area (Å²) in [6.45, 7) is 0. The molecule has 0 saturated carbocycles. The number of rotatable bonds is 5. The van der Waals surface area contributed by atoms with Crippen LogP contribution in [0, 0.1) is 0 Å². The van der Waals surface area contributed by atoms with Crippen LogP contribution in [0.1, 0.15) is 0 Å². The number of nitrogens with zero attached hydrogens (tertiary/aromatic N) is 4. The van der Waals surface area contributed by atoms with Crippen LogP contribution in [-0.4, -0.2) is 19.1 Å². The van der Waals surface area contributed by atoms with Crippen LogP contribution < -0.4 is 5.69 Å². The predicted molar refractivity (Wildman–Crippen MR) is 198 cm³/mol.